The van der Waals surface area contributed by atoms with Crippen molar-refractivity contribution in [2.45, 2.75) is 45.1 Å². The van der Waals surface area contributed by atoms with Crippen LogP contribution in [0.5, 0.6) is 0 Å². The van der Waals surface area contributed by atoms with Gasteiger partial charge in [-0.25, -0.2) is 0 Å². The van der Waals surface area contributed by atoms with Gasteiger partial charge in [-0.2, -0.15) is 0 Å². The van der Waals surface area contributed by atoms with Gasteiger partial charge in [0.2, 0.25) is 0 Å². The van der Waals surface area contributed by atoms with Gasteiger partial charge in [0, 0.05) is 13.2 Å². The van der Waals surface area contributed by atoms with Gasteiger partial charge in [-0.15, -0.1) is 0 Å². The van der Waals surface area contributed by atoms with E-state index in [-0.39, 0.29) is 0 Å². The van der Waals surface area contributed by atoms with Gasteiger partial charge in [0.15, 0.2) is 0 Å². The van der Waals surface area contributed by atoms with E-state index in [4.69, 9.17) is 9.47 Å². The van der Waals surface area contributed by atoms with Crippen LogP contribution in [-0.2, 0) is 9.47 Å². The predicted octanol–water partition coefficient (Wildman–Crippen LogP) is 1.96. The molecular weight excluding hydrogens is 190 g/mol. The lowest BCUT2D eigenvalue weighted by Gasteiger charge is -2.22. The monoisotopic (exact) mass is 215 g/mol. The molecule has 15 heavy (non-hydrogen) atoms. The van der Waals surface area contributed by atoms with Crippen molar-refractivity contribution >= 4 is 0 Å². The fraction of sp³-hybridized carbons (Fsp3) is 1.00. The average Bonchev–Trinajstić information content (AvgIpc) is 2.29. The van der Waals surface area contributed by atoms with E-state index in [0.29, 0.717) is 6.10 Å². The van der Waals surface area contributed by atoms with Crippen molar-refractivity contribution in [3.63, 3.8) is 0 Å². The highest BCUT2D eigenvalue weighted by Crippen LogP contribution is 2.12. The molecule has 0 aliphatic carbocycles. The molecular formula is C12H25NO2. The second-order valence-corrected chi connectivity index (χ2v) is 4.17. The van der Waals surface area contributed by atoms with E-state index >= 15 is 0 Å². The Morgan fingerprint density at radius 3 is 3.00 bits per heavy atom. The smallest absolute Gasteiger partial charge is 0.0808 e. The number of hydrogen-bond donors (Lipinski definition) is 1. The maximum Gasteiger partial charge on any atom is 0.0808 e. The molecule has 3 nitrogen and oxygen atoms in total. The number of rotatable bonds is 8. The molecule has 0 spiro atoms. The molecule has 1 unspecified atom stereocenters. The average molecular weight is 215 g/mol. The molecule has 1 heterocycles. The van der Waals surface area contributed by atoms with Crippen LogP contribution in [0.3, 0.4) is 0 Å². The van der Waals surface area contributed by atoms with Crippen LogP contribution in [0.15, 0.2) is 0 Å². The molecule has 1 aliphatic rings. The molecule has 0 aromatic rings. The Hall–Kier alpha value is -0.120. The highest BCUT2D eigenvalue weighted by molar-refractivity contribution is 4.62. The van der Waals surface area contributed by atoms with E-state index in [1.165, 1.54) is 25.7 Å². The molecule has 90 valence electrons. The first-order valence-corrected chi connectivity index (χ1v) is 6.33. The fourth-order valence-electron chi connectivity index (χ4n) is 1.75. The lowest BCUT2D eigenvalue weighted by atomic mass is 10.1. The minimum absolute atomic E-state index is 0.363. The van der Waals surface area contributed by atoms with Gasteiger partial charge >= 0.3 is 0 Å². The van der Waals surface area contributed by atoms with Crippen LogP contribution in [0, 0.1) is 0 Å². The molecule has 1 atom stereocenters. The fourth-order valence-corrected chi connectivity index (χ4v) is 1.75. The standard InChI is InChI=1S/C12H25NO2/c1-2-7-13-8-5-9-14-11-12-6-3-4-10-15-12/h12-13H,2-11H2,1H3. The van der Waals surface area contributed by atoms with E-state index in [0.717, 1.165) is 39.3 Å². The zero-order chi connectivity index (χ0) is 10.8. The zero-order valence-electron chi connectivity index (χ0n) is 9.96. The summed E-state index contributed by atoms with van der Waals surface area (Å²) in [6, 6.07) is 0. The van der Waals surface area contributed by atoms with E-state index in [9.17, 15) is 0 Å². The Bertz CT molecular complexity index is 136. The summed E-state index contributed by atoms with van der Waals surface area (Å²) in [5.74, 6) is 0. The van der Waals surface area contributed by atoms with Crippen LogP contribution < -0.4 is 5.32 Å². The summed E-state index contributed by atoms with van der Waals surface area (Å²) >= 11 is 0. The van der Waals surface area contributed by atoms with Crippen LogP contribution in [0.2, 0.25) is 0 Å². The summed E-state index contributed by atoms with van der Waals surface area (Å²) in [5, 5.41) is 3.36. The highest BCUT2D eigenvalue weighted by Gasteiger charge is 2.13. The third-order valence-corrected chi connectivity index (χ3v) is 2.65. The Morgan fingerprint density at radius 1 is 1.33 bits per heavy atom. The first-order chi connectivity index (χ1) is 7.43. The minimum Gasteiger partial charge on any atom is -0.379 e. The molecule has 0 radical (unpaired) electrons. The first-order valence-electron chi connectivity index (χ1n) is 6.33. The van der Waals surface area contributed by atoms with Gasteiger partial charge in [0.1, 0.15) is 0 Å². The summed E-state index contributed by atoms with van der Waals surface area (Å²) in [7, 11) is 0. The van der Waals surface area contributed by atoms with Crippen LogP contribution in [-0.4, -0.2) is 39.0 Å². The third kappa shape index (κ3) is 6.88. The summed E-state index contributed by atoms with van der Waals surface area (Å²) < 4.78 is 11.2. The highest BCUT2D eigenvalue weighted by atomic mass is 16.5. The maximum atomic E-state index is 5.59. The first kappa shape index (κ1) is 12.9. The minimum atomic E-state index is 0.363. The normalized spacial score (nSPS) is 21.8. The third-order valence-electron chi connectivity index (χ3n) is 2.65. The molecule has 1 N–H and O–H groups in total. The van der Waals surface area contributed by atoms with Crippen LogP contribution >= 0.6 is 0 Å². The molecule has 1 saturated heterocycles. The Morgan fingerprint density at radius 2 is 2.27 bits per heavy atom. The lowest BCUT2D eigenvalue weighted by molar-refractivity contribution is -0.0408. The Balaban J connectivity index is 1.79. The number of nitrogens with one attached hydrogen (secondary N) is 1. The van der Waals surface area contributed by atoms with Crippen molar-refractivity contribution in [3.05, 3.63) is 0 Å². The summed E-state index contributed by atoms with van der Waals surface area (Å²) in [4.78, 5) is 0. The van der Waals surface area contributed by atoms with E-state index in [1.54, 1.807) is 0 Å². The summed E-state index contributed by atoms with van der Waals surface area (Å²) in [5.41, 5.74) is 0. The van der Waals surface area contributed by atoms with Gasteiger partial charge in [-0.3, -0.25) is 0 Å². The molecule has 0 amide bonds. The van der Waals surface area contributed by atoms with Gasteiger partial charge in [-0.05, 0) is 45.2 Å². The quantitative estimate of drug-likeness (QED) is 0.628. The van der Waals surface area contributed by atoms with Gasteiger partial charge in [0.05, 0.1) is 12.7 Å². The predicted molar refractivity (Wildman–Crippen MR) is 62.2 cm³/mol. The number of ether oxygens (including phenoxy) is 2. The second-order valence-electron chi connectivity index (χ2n) is 4.17. The summed E-state index contributed by atoms with van der Waals surface area (Å²) in [6.07, 6.45) is 6.36. The van der Waals surface area contributed by atoms with Crippen molar-refractivity contribution in [3.8, 4) is 0 Å². The zero-order valence-corrected chi connectivity index (χ0v) is 9.96. The van der Waals surface area contributed by atoms with Crippen molar-refractivity contribution < 1.29 is 9.47 Å². The molecule has 0 aromatic heterocycles. The van der Waals surface area contributed by atoms with Gasteiger partial charge in [0.25, 0.3) is 0 Å². The van der Waals surface area contributed by atoms with E-state index < -0.39 is 0 Å². The molecule has 1 fully saturated rings. The topological polar surface area (TPSA) is 30.5 Å². The van der Waals surface area contributed by atoms with Gasteiger partial charge in [-0.1, -0.05) is 6.92 Å². The lowest BCUT2D eigenvalue weighted by Crippen LogP contribution is -2.25. The molecule has 1 rings (SSSR count). The van der Waals surface area contributed by atoms with Crippen molar-refractivity contribution in [1.29, 1.82) is 0 Å². The second kappa shape index (κ2) is 9.13. The SMILES string of the molecule is CCCNCCCOCC1CCCCO1. The van der Waals surface area contributed by atoms with Crippen molar-refractivity contribution in [1.82, 2.24) is 5.32 Å². The van der Waals surface area contributed by atoms with Crippen molar-refractivity contribution in [2.24, 2.45) is 0 Å². The van der Waals surface area contributed by atoms with Gasteiger partial charge < -0.3 is 14.8 Å². The molecule has 1 aliphatic heterocycles. The number of hydrogen-bond acceptors (Lipinski definition) is 3. The van der Waals surface area contributed by atoms with Crippen LogP contribution in [0.1, 0.15) is 39.0 Å². The van der Waals surface area contributed by atoms with Crippen molar-refractivity contribution in [2.75, 3.05) is 32.9 Å². The van der Waals surface area contributed by atoms with Crippen LogP contribution in [0.4, 0.5) is 0 Å². The van der Waals surface area contributed by atoms with E-state index in [2.05, 4.69) is 12.2 Å². The van der Waals surface area contributed by atoms with E-state index in [1.807, 2.05) is 0 Å². The largest absolute Gasteiger partial charge is 0.379 e. The summed E-state index contributed by atoms with van der Waals surface area (Å²) in [6.45, 7) is 6.94. The molecule has 3 heteroatoms. The maximum absolute atomic E-state index is 5.59. The Kier molecular flexibility index (Phi) is 7.88. The molecule has 0 aromatic carbocycles. The molecule has 0 bridgehead atoms. The molecule has 0 saturated carbocycles. The Labute approximate surface area is 93.5 Å². The van der Waals surface area contributed by atoms with Crippen LogP contribution in [0.25, 0.3) is 0 Å².